The Morgan fingerprint density at radius 1 is 0.841 bits per heavy atom. The Hall–Kier alpha value is -4.30. The van der Waals surface area contributed by atoms with E-state index in [1.54, 1.807) is 0 Å². The highest BCUT2D eigenvalue weighted by Gasteiger charge is 2.13. The van der Waals surface area contributed by atoms with E-state index < -0.39 is 0 Å². The number of rotatable bonds is 12. The molecular formula is C36H45N5O3. The van der Waals surface area contributed by atoms with Gasteiger partial charge in [0.05, 0.1) is 0 Å². The van der Waals surface area contributed by atoms with E-state index in [1.165, 1.54) is 32.4 Å². The second-order valence-corrected chi connectivity index (χ2v) is 11.7. The van der Waals surface area contributed by atoms with Crippen LogP contribution in [0.4, 0.5) is 16.2 Å². The monoisotopic (exact) mass is 595 g/mol. The molecule has 8 heteroatoms. The van der Waals surface area contributed by atoms with Gasteiger partial charge in [-0.2, -0.15) is 0 Å². The van der Waals surface area contributed by atoms with Crippen LogP contribution in [0.5, 0.6) is 11.5 Å². The van der Waals surface area contributed by atoms with E-state index in [9.17, 15) is 9.59 Å². The van der Waals surface area contributed by atoms with Crippen LogP contribution in [0.3, 0.4) is 0 Å². The summed E-state index contributed by atoms with van der Waals surface area (Å²) >= 11 is 0. The molecule has 2 heterocycles. The van der Waals surface area contributed by atoms with Gasteiger partial charge in [0.2, 0.25) is 0 Å². The van der Waals surface area contributed by atoms with Gasteiger partial charge in [0.25, 0.3) is 5.91 Å². The number of nitrogens with one attached hydrogen (secondary N) is 3. The number of aromatic nitrogens is 1. The number of piperidine rings is 1. The van der Waals surface area contributed by atoms with E-state index in [2.05, 4.69) is 51.5 Å². The molecule has 0 bridgehead atoms. The number of amides is 3. The normalized spacial score (nSPS) is 13.6. The van der Waals surface area contributed by atoms with Crippen LogP contribution < -0.4 is 20.7 Å². The Balaban J connectivity index is 1.14. The topological polar surface area (TPSA) is 87.6 Å². The molecular weight excluding hydrogens is 550 g/mol. The molecule has 44 heavy (non-hydrogen) atoms. The van der Waals surface area contributed by atoms with Crippen molar-refractivity contribution in [2.24, 2.45) is 0 Å². The van der Waals surface area contributed by atoms with Crippen molar-refractivity contribution in [3.8, 4) is 11.5 Å². The molecule has 0 radical (unpaired) electrons. The molecule has 4 aromatic rings. The fourth-order valence-electron chi connectivity index (χ4n) is 5.81. The van der Waals surface area contributed by atoms with Crippen molar-refractivity contribution in [2.75, 3.05) is 30.3 Å². The number of benzene rings is 3. The SMILES string of the molecule is CCC(CC)NC(=O)Nc1ccc(Oc2ccc(NC(=O)c3ccc4c(ccn4CCCN4CCCCC4)c3)cc2C)cc1. The Bertz CT molecular complexity index is 1550. The van der Waals surface area contributed by atoms with Gasteiger partial charge in [0.15, 0.2) is 0 Å². The van der Waals surface area contributed by atoms with Crippen LogP contribution in [0.25, 0.3) is 10.9 Å². The van der Waals surface area contributed by atoms with Crippen LogP contribution in [0.15, 0.2) is 72.9 Å². The number of likely N-dealkylation sites (tertiary alicyclic amines) is 1. The van der Waals surface area contributed by atoms with Gasteiger partial charge in [-0.05, 0) is 131 Å². The first-order chi connectivity index (χ1) is 21.4. The van der Waals surface area contributed by atoms with E-state index >= 15 is 0 Å². The first-order valence-corrected chi connectivity index (χ1v) is 16.0. The maximum atomic E-state index is 13.1. The molecule has 232 valence electrons. The van der Waals surface area contributed by atoms with Gasteiger partial charge in [-0.1, -0.05) is 20.3 Å². The number of anilines is 2. The highest BCUT2D eigenvalue weighted by atomic mass is 16.5. The third kappa shape index (κ3) is 8.20. The van der Waals surface area contributed by atoms with Gasteiger partial charge in [0.1, 0.15) is 11.5 Å². The average Bonchev–Trinajstić information content (AvgIpc) is 3.44. The van der Waals surface area contributed by atoms with Crippen LogP contribution >= 0.6 is 0 Å². The third-order valence-corrected chi connectivity index (χ3v) is 8.45. The fraction of sp³-hybridized carbons (Fsp3) is 0.389. The molecule has 3 amide bonds. The van der Waals surface area contributed by atoms with Crippen molar-refractivity contribution in [3.05, 3.63) is 84.1 Å². The Labute approximate surface area is 260 Å². The standard InChI is InChI=1S/C36H45N5O3/c1-4-29(5-2)38-36(43)39-30-11-14-32(15-12-30)44-34-17-13-31(24-26(34)3)37-35(42)28-10-16-33-27(25-28)18-23-41(33)22-9-21-40-19-7-6-8-20-40/h10-18,23-25,29H,4-9,19-22H2,1-3H3,(H,37,42)(H2,38,39,43). The van der Waals surface area contributed by atoms with Crippen molar-refractivity contribution >= 4 is 34.2 Å². The summed E-state index contributed by atoms with van der Waals surface area (Å²) in [6.07, 6.45) is 9.05. The fourth-order valence-corrected chi connectivity index (χ4v) is 5.81. The number of hydrogen-bond acceptors (Lipinski definition) is 4. The molecule has 3 N–H and O–H groups in total. The largest absolute Gasteiger partial charge is 0.457 e. The molecule has 0 saturated carbocycles. The van der Waals surface area contributed by atoms with Crippen LogP contribution in [-0.4, -0.2) is 47.1 Å². The van der Waals surface area contributed by atoms with Gasteiger partial charge in [-0.15, -0.1) is 0 Å². The minimum atomic E-state index is -0.210. The van der Waals surface area contributed by atoms with Gasteiger partial charge >= 0.3 is 6.03 Å². The molecule has 1 saturated heterocycles. The van der Waals surface area contributed by atoms with Crippen LogP contribution in [0.1, 0.15) is 68.3 Å². The van der Waals surface area contributed by atoms with Crippen molar-refractivity contribution < 1.29 is 14.3 Å². The lowest BCUT2D eigenvalue weighted by Gasteiger charge is -2.26. The molecule has 0 spiro atoms. The first-order valence-electron chi connectivity index (χ1n) is 16.0. The van der Waals surface area contributed by atoms with E-state index in [4.69, 9.17) is 4.74 Å². The number of urea groups is 1. The number of nitrogens with zero attached hydrogens (tertiary/aromatic N) is 2. The molecule has 0 unspecified atom stereocenters. The van der Waals surface area contributed by atoms with Crippen molar-refractivity contribution in [1.82, 2.24) is 14.8 Å². The number of hydrogen-bond donors (Lipinski definition) is 3. The van der Waals surface area contributed by atoms with E-state index in [0.717, 1.165) is 48.8 Å². The lowest BCUT2D eigenvalue weighted by atomic mass is 10.1. The summed E-state index contributed by atoms with van der Waals surface area (Å²) in [4.78, 5) is 27.9. The average molecular weight is 596 g/mol. The summed E-state index contributed by atoms with van der Waals surface area (Å²) in [7, 11) is 0. The Kier molecular flexibility index (Phi) is 10.6. The summed E-state index contributed by atoms with van der Waals surface area (Å²) in [5, 5.41) is 9.93. The molecule has 3 aromatic carbocycles. The zero-order chi connectivity index (χ0) is 30.9. The van der Waals surface area contributed by atoms with Crippen molar-refractivity contribution in [1.29, 1.82) is 0 Å². The maximum absolute atomic E-state index is 13.1. The number of aryl methyl sites for hydroxylation is 2. The summed E-state index contributed by atoms with van der Waals surface area (Å²) in [5.41, 5.74) is 4.08. The molecule has 1 aliphatic heterocycles. The van der Waals surface area contributed by atoms with Crippen molar-refractivity contribution in [2.45, 2.75) is 71.9 Å². The number of carbonyl (C=O) groups is 2. The van der Waals surface area contributed by atoms with Gasteiger partial charge < -0.3 is 30.2 Å². The predicted octanol–water partition coefficient (Wildman–Crippen LogP) is 8.18. The van der Waals surface area contributed by atoms with Gasteiger partial charge in [-0.3, -0.25) is 4.79 Å². The molecule has 1 fully saturated rings. The van der Waals surface area contributed by atoms with Crippen LogP contribution in [0, 0.1) is 6.92 Å². The number of carbonyl (C=O) groups excluding carboxylic acids is 2. The van der Waals surface area contributed by atoms with Crippen LogP contribution in [-0.2, 0) is 6.54 Å². The highest BCUT2D eigenvalue weighted by molar-refractivity contribution is 6.06. The first kappa shape index (κ1) is 31.1. The lowest BCUT2D eigenvalue weighted by Crippen LogP contribution is -2.37. The smallest absolute Gasteiger partial charge is 0.319 e. The maximum Gasteiger partial charge on any atom is 0.319 e. The Morgan fingerprint density at radius 3 is 2.32 bits per heavy atom. The zero-order valence-corrected chi connectivity index (χ0v) is 26.2. The molecule has 1 aromatic heterocycles. The van der Waals surface area contributed by atoms with Crippen LogP contribution in [0.2, 0.25) is 0 Å². The lowest BCUT2D eigenvalue weighted by molar-refractivity contribution is 0.102. The molecule has 1 aliphatic rings. The highest BCUT2D eigenvalue weighted by Crippen LogP contribution is 2.29. The van der Waals surface area contributed by atoms with Gasteiger partial charge in [0, 0.05) is 46.6 Å². The molecule has 0 atom stereocenters. The summed E-state index contributed by atoms with van der Waals surface area (Å²) in [6.45, 7) is 10.6. The number of ether oxygens (including phenoxy) is 1. The van der Waals surface area contributed by atoms with Gasteiger partial charge in [-0.25, -0.2) is 4.79 Å². The second kappa shape index (κ2) is 14.9. The number of fused-ring (bicyclic) bond motifs is 1. The van der Waals surface area contributed by atoms with E-state index in [0.29, 0.717) is 28.4 Å². The summed E-state index contributed by atoms with van der Waals surface area (Å²) < 4.78 is 8.37. The zero-order valence-electron chi connectivity index (χ0n) is 26.2. The van der Waals surface area contributed by atoms with E-state index in [-0.39, 0.29) is 18.0 Å². The Morgan fingerprint density at radius 2 is 1.59 bits per heavy atom. The predicted molar refractivity (Wildman–Crippen MR) is 179 cm³/mol. The summed E-state index contributed by atoms with van der Waals surface area (Å²) in [5.74, 6) is 1.20. The quantitative estimate of drug-likeness (QED) is 0.154. The molecule has 0 aliphatic carbocycles. The minimum Gasteiger partial charge on any atom is -0.457 e. The summed E-state index contributed by atoms with van der Waals surface area (Å²) in [6, 6.07) is 20.8. The van der Waals surface area contributed by atoms with Crippen molar-refractivity contribution in [3.63, 3.8) is 0 Å². The van der Waals surface area contributed by atoms with E-state index in [1.807, 2.05) is 67.6 Å². The second-order valence-electron chi connectivity index (χ2n) is 11.7. The third-order valence-electron chi connectivity index (χ3n) is 8.45. The molecule has 8 nitrogen and oxygen atoms in total. The minimum absolute atomic E-state index is 0.144. The molecule has 5 rings (SSSR count).